The fourth-order valence-corrected chi connectivity index (χ4v) is 1.73. The summed E-state index contributed by atoms with van der Waals surface area (Å²) >= 11 is 0. The van der Waals surface area contributed by atoms with Crippen molar-refractivity contribution >= 4 is 11.8 Å². The maximum Gasteiger partial charge on any atom is 0.244 e. The van der Waals surface area contributed by atoms with Gasteiger partial charge in [-0.1, -0.05) is 0 Å². The minimum Gasteiger partial charge on any atom is -0.376 e. The van der Waals surface area contributed by atoms with Gasteiger partial charge >= 0.3 is 0 Å². The summed E-state index contributed by atoms with van der Waals surface area (Å²) in [7, 11) is 0. The Bertz CT molecular complexity index is 351. The molecule has 94 valence electrons. The van der Waals surface area contributed by atoms with Crippen molar-refractivity contribution in [1.29, 1.82) is 0 Å². The van der Waals surface area contributed by atoms with Crippen LogP contribution in [0.1, 0.15) is 26.7 Å². The lowest BCUT2D eigenvalue weighted by Crippen LogP contribution is -2.20. The largest absolute Gasteiger partial charge is 0.376 e. The molecule has 0 amide bonds. The molecule has 0 radical (unpaired) electrons. The number of anilines is 2. The van der Waals surface area contributed by atoms with Gasteiger partial charge in [0.05, 0.1) is 12.3 Å². The first-order chi connectivity index (χ1) is 8.24. The third kappa shape index (κ3) is 3.81. The molecule has 17 heavy (non-hydrogen) atoms. The summed E-state index contributed by atoms with van der Waals surface area (Å²) < 4.78 is 5.53. The number of hydrogen-bond donors (Lipinski definition) is 2. The average molecular weight is 237 g/mol. The number of nitrogens with one attached hydrogen (secondary N) is 2. The Morgan fingerprint density at radius 1 is 1.53 bits per heavy atom. The van der Waals surface area contributed by atoms with E-state index in [4.69, 9.17) is 4.74 Å². The SMILES string of the molecule is CC(C)Nc1nncc(NCC2CCCO2)n1. The Balaban J connectivity index is 1.86. The van der Waals surface area contributed by atoms with Crippen LogP contribution in [-0.2, 0) is 4.74 Å². The number of nitrogens with zero attached hydrogens (tertiary/aromatic N) is 3. The van der Waals surface area contributed by atoms with Crippen LogP contribution in [0.25, 0.3) is 0 Å². The fourth-order valence-electron chi connectivity index (χ4n) is 1.73. The molecule has 1 aliphatic rings. The number of aromatic nitrogens is 3. The second-order valence-electron chi connectivity index (χ2n) is 4.48. The average Bonchev–Trinajstić information content (AvgIpc) is 2.79. The highest BCUT2D eigenvalue weighted by atomic mass is 16.5. The first-order valence-corrected chi connectivity index (χ1v) is 6.06. The summed E-state index contributed by atoms with van der Waals surface area (Å²) in [5.74, 6) is 1.29. The second-order valence-corrected chi connectivity index (χ2v) is 4.48. The molecule has 0 aromatic carbocycles. The Morgan fingerprint density at radius 2 is 2.41 bits per heavy atom. The lowest BCUT2D eigenvalue weighted by atomic mass is 10.2. The van der Waals surface area contributed by atoms with E-state index >= 15 is 0 Å². The van der Waals surface area contributed by atoms with Crippen LogP contribution in [0.2, 0.25) is 0 Å². The summed E-state index contributed by atoms with van der Waals surface area (Å²) in [6.07, 6.45) is 4.18. The van der Waals surface area contributed by atoms with Gasteiger partial charge in [0.1, 0.15) is 0 Å². The van der Waals surface area contributed by atoms with Gasteiger partial charge < -0.3 is 15.4 Å². The molecule has 1 fully saturated rings. The zero-order chi connectivity index (χ0) is 12.1. The normalized spacial score (nSPS) is 19.6. The Morgan fingerprint density at radius 3 is 3.12 bits per heavy atom. The molecule has 1 atom stereocenters. The number of hydrogen-bond acceptors (Lipinski definition) is 6. The molecule has 2 heterocycles. The van der Waals surface area contributed by atoms with Crippen molar-refractivity contribution in [3.05, 3.63) is 6.20 Å². The fraction of sp³-hybridized carbons (Fsp3) is 0.727. The Kier molecular flexibility index (Phi) is 4.08. The first-order valence-electron chi connectivity index (χ1n) is 6.06. The predicted molar refractivity (Wildman–Crippen MR) is 66.0 cm³/mol. The van der Waals surface area contributed by atoms with Gasteiger partial charge in [-0.05, 0) is 26.7 Å². The van der Waals surface area contributed by atoms with E-state index in [1.165, 1.54) is 0 Å². The van der Waals surface area contributed by atoms with Gasteiger partial charge in [0.2, 0.25) is 5.95 Å². The molecule has 1 saturated heterocycles. The minimum atomic E-state index is 0.296. The minimum absolute atomic E-state index is 0.296. The summed E-state index contributed by atoms with van der Waals surface area (Å²) in [4.78, 5) is 4.32. The molecule has 6 nitrogen and oxygen atoms in total. The van der Waals surface area contributed by atoms with E-state index < -0.39 is 0 Å². The molecule has 6 heteroatoms. The van der Waals surface area contributed by atoms with E-state index in [1.54, 1.807) is 6.20 Å². The number of ether oxygens (including phenoxy) is 1. The maximum absolute atomic E-state index is 5.53. The van der Waals surface area contributed by atoms with Gasteiger partial charge in [-0.2, -0.15) is 10.1 Å². The van der Waals surface area contributed by atoms with E-state index in [2.05, 4.69) is 25.8 Å². The monoisotopic (exact) mass is 237 g/mol. The van der Waals surface area contributed by atoms with Gasteiger partial charge in [0, 0.05) is 19.2 Å². The van der Waals surface area contributed by atoms with Crippen molar-refractivity contribution in [2.24, 2.45) is 0 Å². The summed E-state index contributed by atoms with van der Waals surface area (Å²) in [5, 5.41) is 14.2. The van der Waals surface area contributed by atoms with Crippen molar-refractivity contribution in [1.82, 2.24) is 15.2 Å². The molecule has 0 bridgehead atoms. The predicted octanol–water partition coefficient (Wildman–Crippen LogP) is 1.28. The summed E-state index contributed by atoms with van der Waals surface area (Å²) in [5.41, 5.74) is 0. The molecule has 2 N–H and O–H groups in total. The third-order valence-corrected chi connectivity index (χ3v) is 2.51. The van der Waals surface area contributed by atoms with Crippen molar-refractivity contribution < 1.29 is 4.74 Å². The Labute approximate surface area is 101 Å². The molecule has 0 aliphatic carbocycles. The van der Waals surface area contributed by atoms with Crippen molar-refractivity contribution in [2.45, 2.75) is 38.8 Å². The smallest absolute Gasteiger partial charge is 0.244 e. The van der Waals surface area contributed by atoms with Crippen LogP contribution < -0.4 is 10.6 Å². The summed E-state index contributed by atoms with van der Waals surface area (Å²) in [6.45, 7) is 5.72. The van der Waals surface area contributed by atoms with Gasteiger partial charge in [0.15, 0.2) is 5.82 Å². The molecule has 0 saturated carbocycles. The van der Waals surface area contributed by atoms with Crippen molar-refractivity contribution in [3.63, 3.8) is 0 Å². The van der Waals surface area contributed by atoms with Crippen LogP contribution in [0.3, 0.4) is 0 Å². The molecular weight excluding hydrogens is 218 g/mol. The zero-order valence-electron chi connectivity index (χ0n) is 10.3. The molecule has 2 rings (SSSR count). The van der Waals surface area contributed by atoms with E-state index in [1.807, 2.05) is 13.8 Å². The van der Waals surface area contributed by atoms with Crippen LogP contribution in [-0.4, -0.2) is 40.5 Å². The third-order valence-electron chi connectivity index (χ3n) is 2.51. The van der Waals surface area contributed by atoms with Crippen LogP contribution in [0.15, 0.2) is 6.20 Å². The maximum atomic E-state index is 5.53. The van der Waals surface area contributed by atoms with Crippen LogP contribution >= 0.6 is 0 Å². The van der Waals surface area contributed by atoms with Gasteiger partial charge in [-0.3, -0.25) is 0 Å². The molecule has 1 aromatic rings. The van der Waals surface area contributed by atoms with E-state index in [-0.39, 0.29) is 0 Å². The Hall–Kier alpha value is -1.43. The van der Waals surface area contributed by atoms with Gasteiger partial charge in [-0.15, -0.1) is 5.10 Å². The quantitative estimate of drug-likeness (QED) is 0.804. The van der Waals surface area contributed by atoms with Crippen LogP contribution in [0.4, 0.5) is 11.8 Å². The highest BCUT2D eigenvalue weighted by Crippen LogP contribution is 2.13. The van der Waals surface area contributed by atoms with E-state index in [0.717, 1.165) is 31.8 Å². The van der Waals surface area contributed by atoms with Gasteiger partial charge in [0.25, 0.3) is 0 Å². The molecular formula is C11H19N5O. The van der Waals surface area contributed by atoms with Crippen LogP contribution in [0, 0.1) is 0 Å². The molecule has 1 aliphatic heterocycles. The van der Waals surface area contributed by atoms with Gasteiger partial charge in [-0.25, -0.2) is 0 Å². The van der Waals surface area contributed by atoms with E-state index in [0.29, 0.717) is 18.1 Å². The van der Waals surface area contributed by atoms with Crippen molar-refractivity contribution in [2.75, 3.05) is 23.8 Å². The summed E-state index contributed by atoms with van der Waals surface area (Å²) in [6, 6.07) is 0.296. The lowest BCUT2D eigenvalue weighted by molar-refractivity contribution is 0.120. The molecule has 1 unspecified atom stereocenters. The second kappa shape index (κ2) is 5.77. The zero-order valence-corrected chi connectivity index (χ0v) is 10.3. The number of rotatable bonds is 5. The first kappa shape index (κ1) is 12.0. The molecule has 1 aromatic heterocycles. The standard InChI is InChI=1S/C11H19N5O/c1-8(2)14-11-15-10(7-13-16-11)12-6-9-4-3-5-17-9/h7-9H,3-6H2,1-2H3,(H2,12,14,15,16). The van der Waals surface area contributed by atoms with E-state index in [9.17, 15) is 0 Å². The highest BCUT2D eigenvalue weighted by molar-refractivity contribution is 5.37. The molecule has 0 spiro atoms. The lowest BCUT2D eigenvalue weighted by Gasteiger charge is -2.12. The highest BCUT2D eigenvalue weighted by Gasteiger charge is 2.15. The van der Waals surface area contributed by atoms with Crippen LogP contribution in [0.5, 0.6) is 0 Å². The topological polar surface area (TPSA) is 72.0 Å². The van der Waals surface area contributed by atoms with Crippen molar-refractivity contribution in [3.8, 4) is 0 Å².